The van der Waals surface area contributed by atoms with Gasteiger partial charge >= 0.3 is 0 Å². The number of alkyl halides is 2. The fraction of sp³-hybridized carbons (Fsp3) is 0.510. The lowest BCUT2D eigenvalue weighted by molar-refractivity contribution is -0.125. The number of ether oxygens (including phenoxy) is 2. The molecule has 7 aliphatic rings. The molecule has 0 spiro atoms. The van der Waals surface area contributed by atoms with Crippen LogP contribution in [0.4, 0.5) is 54.5 Å². The van der Waals surface area contributed by atoms with Crippen molar-refractivity contribution in [1.29, 1.82) is 0 Å². The lowest BCUT2D eigenvalue weighted by Gasteiger charge is -2.37. The van der Waals surface area contributed by atoms with Crippen molar-refractivity contribution in [2.45, 2.75) is 114 Å². The van der Waals surface area contributed by atoms with E-state index in [1.54, 1.807) is 24.6 Å². The Morgan fingerprint density at radius 1 is 0.766 bits per heavy atom. The van der Waals surface area contributed by atoms with E-state index in [1.807, 2.05) is 57.2 Å². The molecule has 2 atom stereocenters. The van der Waals surface area contributed by atoms with Crippen LogP contribution < -0.4 is 30.0 Å². The third-order valence-electron chi connectivity index (χ3n) is 14.9. The van der Waals surface area contributed by atoms with Crippen LogP contribution in [0.25, 0.3) is 0 Å². The van der Waals surface area contributed by atoms with Gasteiger partial charge in [-0.3, -0.25) is 14.4 Å². The number of morpholine rings is 1. The number of nitrogens with one attached hydrogen (secondary N) is 1. The van der Waals surface area contributed by atoms with Crippen LogP contribution in [0.5, 0.6) is 0 Å². The second-order valence-electron chi connectivity index (χ2n) is 18.8. The molecule has 336 valence electrons. The molecule has 2 saturated carbocycles. The minimum atomic E-state index is -2.68. The number of carbonyl (C=O) groups excluding carboxylic acids is 2. The number of methoxy groups -OCH3 is 1. The molecule has 2 bridgehead atoms. The molecule has 15 heteroatoms. The monoisotopic (exact) mass is 874 g/mol. The van der Waals surface area contributed by atoms with E-state index < -0.39 is 5.92 Å². The second kappa shape index (κ2) is 16.9. The summed E-state index contributed by atoms with van der Waals surface area (Å²) < 4.78 is 40.2. The minimum Gasteiger partial charge on any atom is -0.381 e. The summed E-state index contributed by atoms with van der Waals surface area (Å²) >= 11 is 0. The first-order chi connectivity index (χ1) is 31.2. The summed E-state index contributed by atoms with van der Waals surface area (Å²) in [7, 11) is 1.73. The predicted molar refractivity (Wildman–Crippen MR) is 241 cm³/mol. The maximum atomic E-state index is 14.9. The van der Waals surface area contributed by atoms with Gasteiger partial charge in [0, 0.05) is 86.3 Å². The Labute approximate surface area is 372 Å². The smallest absolute Gasteiger partial charge is 0.251 e. The molecule has 2 aliphatic carbocycles. The SMILES string of the molecule is COC1CCC(C(=O)N2Cc3cccnc3N(OC3CCC(C(=O)N4Cc5cccnc5Nc5ccc(N6CC7CC6CO7)cc54)CC3)c3ccc(N4CCC(F)(F)CC4)cc32)CC1. The molecule has 4 aromatic rings. The standard InChI is InChI=1S/C49H56F2N8O5/c1-62-38-12-6-31(7-13-38)48(61)58-28-34-5-3-21-53-46(34)59(42-17-11-35(25-44(42)58)55-22-18-49(50,51)19-23-55)64-39-14-8-32(9-15-39)47(60)57-27-33-4-2-20-52-45(33)54-41-16-10-36(26-43(41)57)56-29-40-24-37(56)30-63-40/h2-5,10-11,16-17,20-21,25-26,31-32,37-40H,6-9,12-15,18-19,22-24,27-30H2,1H3,(H,52,54). The molecule has 64 heavy (non-hydrogen) atoms. The van der Waals surface area contributed by atoms with E-state index in [-0.39, 0.29) is 67.9 Å². The van der Waals surface area contributed by atoms with E-state index in [9.17, 15) is 18.4 Å². The molecule has 2 unspecified atom stereocenters. The molecule has 1 N–H and O–H groups in total. The number of amides is 2. The highest BCUT2D eigenvalue weighted by atomic mass is 19.3. The van der Waals surface area contributed by atoms with Crippen LogP contribution in [-0.4, -0.2) is 85.4 Å². The third kappa shape index (κ3) is 7.82. The summed E-state index contributed by atoms with van der Waals surface area (Å²) in [6.07, 6.45) is 9.92. The number of pyridine rings is 2. The lowest BCUT2D eigenvalue weighted by Crippen LogP contribution is -2.40. The first-order valence-electron chi connectivity index (χ1n) is 23.2. The number of piperidine rings is 1. The molecule has 2 amide bonds. The van der Waals surface area contributed by atoms with Crippen LogP contribution in [0.1, 0.15) is 81.8 Å². The summed E-state index contributed by atoms with van der Waals surface area (Å²) in [5.74, 6) is -1.58. The molecule has 3 saturated heterocycles. The van der Waals surface area contributed by atoms with Crippen molar-refractivity contribution in [1.82, 2.24) is 9.97 Å². The fourth-order valence-corrected chi connectivity index (χ4v) is 11.2. The number of carbonyl (C=O) groups is 2. The van der Waals surface area contributed by atoms with Crippen molar-refractivity contribution < 1.29 is 32.7 Å². The number of fused-ring (bicyclic) bond motifs is 6. The van der Waals surface area contributed by atoms with E-state index in [1.165, 1.54) is 0 Å². The Morgan fingerprint density at radius 3 is 2.12 bits per heavy atom. The van der Waals surface area contributed by atoms with Gasteiger partial charge in [0.1, 0.15) is 5.82 Å². The molecule has 5 fully saturated rings. The topological polar surface area (TPSA) is 116 Å². The van der Waals surface area contributed by atoms with Gasteiger partial charge in [0.25, 0.3) is 5.92 Å². The summed E-state index contributed by atoms with van der Waals surface area (Å²) in [6, 6.07) is 20.4. The van der Waals surface area contributed by atoms with Gasteiger partial charge < -0.3 is 34.4 Å². The summed E-state index contributed by atoms with van der Waals surface area (Å²) in [5.41, 5.74) is 6.76. The number of hydrogen-bond acceptors (Lipinski definition) is 11. The summed E-state index contributed by atoms with van der Waals surface area (Å²) in [4.78, 5) is 54.3. The van der Waals surface area contributed by atoms with Gasteiger partial charge in [0.15, 0.2) is 5.82 Å². The molecular weight excluding hydrogens is 819 g/mol. The van der Waals surface area contributed by atoms with Crippen LogP contribution >= 0.6 is 0 Å². The number of aromatic nitrogens is 2. The normalized spacial score (nSPS) is 27.1. The van der Waals surface area contributed by atoms with Gasteiger partial charge in [-0.1, -0.05) is 12.1 Å². The lowest BCUT2D eigenvalue weighted by atomic mass is 9.86. The Kier molecular flexibility index (Phi) is 10.9. The fourth-order valence-electron chi connectivity index (χ4n) is 11.2. The summed E-state index contributed by atoms with van der Waals surface area (Å²) in [6.45, 7) is 2.73. The highest BCUT2D eigenvalue weighted by Crippen LogP contribution is 2.47. The molecule has 0 radical (unpaired) electrons. The number of anilines is 8. The van der Waals surface area contributed by atoms with E-state index in [4.69, 9.17) is 19.3 Å². The Hall–Kier alpha value is -5.38. The highest BCUT2D eigenvalue weighted by molar-refractivity contribution is 6.01. The van der Waals surface area contributed by atoms with Gasteiger partial charge in [-0.15, -0.1) is 0 Å². The van der Waals surface area contributed by atoms with Gasteiger partial charge in [-0.05, 0) is 106 Å². The van der Waals surface area contributed by atoms with Crippen molar-refractivity contribution >= 4 is 57.6 Å². The molecule has 2 aromatic heterocycles. The number of nitrogens with zero attached hydrogens (tertiary/aromatic N) is 7. The largest absolute Gasteiger partial charge is 0.381 e. The molecule has 7 heterocycles. The van der Waals surface area contributed by atoms with E-state index in [0.717, 1.165) is 85.0 Å². The first kappa shape index (κ1) is 41.3. The number of hydrogen-bond donors (Lipinski definition) is 1. The molecule has 5 aliphatic heterocycles. The molecular formula is C49H56F2N8O5. The van der Waals surface area contributed by atoms with Gasteiger partial charge in [-0.2, -0.15) is 0 Å². The predicted octanol–water partition coefficient (Wildman–Crippen LogP) is 8.66. The quantitative estimate of drug-likeness (QED) is 0.192. The zero-order valence-electron chi connectivity index (χ0n) is 36.3. The number of halogens is 2. The van der Waals surface area contributed by atoms with Crippen LogP contribution in [0.2, 0.25) is 0 Å². The Bertz CT molecular complexity index is 2400. The van der Waals surface area contributed by atoms with E-state index in [0.29, 0.717) is 62.0 Å². The molecule has 2 aromatic carbocycles. The third-order valence-corrected chi connectivity index (χ3v) is 14.9. The average molecular weight is 875 g/mol. The zero-order chi connectivity index (χ0) is 43.5. The van der Waals surface area contributed by atoms with Crippen molar-refractivity contribution in [2.75, 3.05) is 63.3 Å². The van der Waals surface area contributed by atoms with Gasteiger partial charge in [0.2, 0.25) is 11.8 Å². The molecule has 13 nitrogen and oxygen atoms in total. The van der Waals surface area contributed by atoms with Gasteiger partial charge in [-0.25, -0.2) is 23.8 Å². The minimum absolute atomic E-state index is 0.0336. The van der Waals surface area contributed by atoms with Crippen LogP contribution in [0.3, 0.4) is 0 Å². The number of rotatable bonds is 7. The second-order valence-corrected chi connectivity index (χ2v) is 18.8. The van der Waals surface area contributed by atoms with Crippen molar-refractivity contribution in [2.24, 2.45) is 11.8 Å². The summed E-state index contributed by atoms with van der Waals surface area (Å²) in [5, 5.41) is 5.32. The highest BCUT2D eigenvalue weighted by Gasteiger charge is 2.42. The van der Waals surface area contributed by atoms with Crippen molar-refractivity contribution in [3.05, 3.63) is 84.2 Å². The van der Waals surface area contributed by atoms with Crippen LogP contribution in [-0.2, 0) is 37.0 Å². The Morgan fingerprint density at radius 2 is 1.42 bits per heavy atom. The average Bonchev–Trinajstić information content (AvgIpc) is 3.89. The maximum Gasteiger partial charge on any atom is 0.251 e. The Balaban J connectivity index is 0.861. The van der Waals surface area contributed by atoms with Crippen molar-refractivity contribution in [3.63, 3.8) is 0 Å². The first-order valence-corrected chi connectivity index (χ1v) is 23.2. The molecule has 11 rings (SSSR count). The van der Waals surface area contributed by atoms with Crippen molar-refractivity contribution in [3.8, 4) is 0 Å². The number of benzene rings is 2. The van der Waals surface area contributed by atoms with Crippen LogP contribution in [0, 0.1) is 11.8 Å². The van der Waals surface area contributed by atoms with E-state index >= 15 is 0 Å². The maximum absolute atomic E-state index is 14.9. The van der Waals surface area contributed by atoms with E-state index in [2.05, 4.69) is 33.4 Å². The van der Waals surface area contributed by atoms with Crippen LogP contribution in [0.15, 0.2) is 73.1 Å². The van der Waals surface area contributed by atoms with Gasteiger partial charge in [0.05, 0.1) is 66.8 Å². The zero-order valence-corrected chi connectivity index (χ0v) is 36.3.